The second-order valence-electron chi connectivity index (χ2n) is 3.28. The van der Waals surface area contributed by atoms with Crippen LogP contribution < -0.4 is 5.32 Å². The molecule has 7 heteroatoms. The number of nitro benzene ring substituents is 1. The molecule has 0 fully saturated rings. The maximum absolute atomic E-state index is 13.2. The Hall–Kier alpha value is -2.18. The van der Waals surface area contributed by atoms with Crippen LogP contribution in [0.3, 0.4) is 0 Å². The summed E-state index contributed by atoms with van der Waals surface area (Å²) in [5.74, 6) is -1.55. The Balaban J connectivity index is 3.02. The number of hydrogen-bond donors (Lipinski definition) is 1. The number of benzene rings is 1. The molecule has 0 aromatic heterocycles. The quantitative estimate of drug-likeness (QED) is 0.493. The zero-order valence-electron chi connectivity index (χ0n) is 9.27. The summed E-state index contributed by atoms with van der Waals surface area (Å²) in [5, 5.41) is 13.2. The Bertz CT molecular complexity index is 450. The number of ether oxygens (including phenoxy) is 1. The predicted molar refractivity (Wildman–Crippen MR) is 58.2 cm³/mol. The van der Waals surface area contributed by atoms with Crippen molar-refractivity contribution in [3.05, 3.63) is 34.1 Å². The summed E-state index contributed by atoms with van der Waals surface area (Å²) >= 11 is 0. The Morgan fingerprint density at radius 2 is 2.24 bits per heavy atom. The van der Waals surface area contributed by atoms with Crippen LogP contribution in [0, 0.1) is 15.9 Å². The SMILES string of the molecule is COC(=O)[C@H](C)Nc1cccc(F)c1[N+](=O)[O-]. The van der Waals surface area contributed by atoms with Crippen LogP contribution in [0.15, 0.2) is 18.2 Å². The first-order valence-corrected chi connectivity index (χ1v) is 4.74. The molecule has 17 heavy (non-hydrogen) atoms. The topological polar surface area (TPSA) is 81.5 Å². The van der Waals surface area contributed by atoms with E-state index in [1.165, 1.54) is 26.2 Å². The van der Waals surface area contributed by atoms with Gasteiger partial charge in [0, 0.05) is 0 Å². The molecule has 0 aliphatic heterocycles. The third-order valence-corrected chi connectivity index (χ3v) is 2.10. The van der Waals surface area contributed by atoms with E-state index in [9.17, 15) is 19.3 Å². The number of esters is 1. The second kappa shape index (κ2) is 5.24. The summed E-state index contributed by atoms with van der Waals surface area (Å²) in [6, 6.07) is 2.81. The van der Waals surface area contributed by atoms with Gasteiger partial charge in [0.25, 0.3) is 0 Å². The van der Waals surface area contributed by atoms with E-state index in [0.29, 0.717) is 0 Å². The van der Waals surface area contributed by atoms with E-state index < -0.39 is 28.4 Å². The molecule has 0 unspecified atom stereocenters. The van der Waals surface area contributed by atoms with E-state index in [4.69, 9.17) is 0 Å². The highest BCUT2D eigenvalue weighted by atomic mass is 19.1. The van der Waals surface area contributed by atoms with Crippen molar-refractivity contribution in [2.75, 3.05) is 12.4 Å². The summed E-state index contributed by atoms with van der Waals surface area (Å²) in [4.78, 5) is 21.0. The number of para-hydroxylation sites is 1. The number of carbonyl (C=O) groups is 1. The summed E-state index contributed by atoms with van der Waals surface area (Å²) in [7, 11) is 1.19. The fourth-order valence-electron chi connectivity index (χ4n) is 1.29. The number of nitrogens with one attached hydrogen (secondary N) is 1. The van der Waals surface area contributed by atoms with E-state index in [1.54, 1.807) is 0 Å². The number of nitrogens with zero attached hydrogens (tertiary/aromatic N) is 1. The van der Waals surface area contributed by atoms with Crippen LogP contribution in [0.25, 0.3) is 0 Å². The lowest BCUT2D eigenvalue weighted by atomic mass is 10.2. The molecule has 1 aromatic carbocycles. The van der Waals surface area contributed by atoms with Gasteiger partial charge in [-0.3, -0.25) is 10.1 Å². The molecule has 0 aliphatic rings. The maximum atomic E-state index is 13.2. The van der Waals surface area contributed by atoms with Crippen LogP contribution in [0.1, 0.15) is 6.92 Å². The summed E-state index contributed by atoms with van der Waals surface area (Å²) in [6.45, 7) is 1.46. The highest BCUT2D eigenvalue weighted by Crippen LogP contribution is 2.27. The van der Waals surface area contributed by atoms with Crippen LogP contribution in [-0.2, 0) is 9.53 Å². The van der Waals surface area contributed by atoms with E-state index in [2.05, 4.69) is 10.1 Å². The first-order chi connectivity index (χ1) is 7.97. The molecule has 1 aromatic rings. The van der Waals surface area contributed by atoms with E-state index >= 15 is 0 Å². The van der Waals surface area contributed by atoms with Gasteiger partial charge in [-0.15, -0.1) is 0 Å². The minimum Gasteiger partial charge on any atom is -0.467 e. The predicted octanol–water partition coefficient (Wildman–Crippen LogP) is 1.71. The molecule has 0 heterocycles. The zero-order valence-corrected chi connectivity index (χ0v) is 9.27. The minimum absolute atomic E-state index is 0.0621. The van der Waals surface area contributed by atoms with Crippen LogP contribution in [0.5, 0.6) is 0 Å². The van der Waals surface area contributed by atoms with Crippen molar-refractivity contribution in [1.82, 2.24) is 0 Å². The van der Waals surface area contributed by atoms with Crippen LogP contribution in [-0.4, -0.2) is 24.0 Å². The average molecular weight is 242 g/mol. The Morgan fingerprint density at radius 3 is 2.76 bits per heavy atom. The highest BCUT2D eigenvalue weighted by molar-refractivity contribution is 5.80. The number of hydrogen-bond acceptors (Lipinski definition) is 5. The second-order valence-corrected chi connectivity index (χ2v) is 3.28. The van der Waals surface area contributed by atoms with Gasteiger partial charge in [0.1, 0.15) is 11.7 Å². The van der Waals surface area contributed by atoms with Gasteiger partial charge in [-0.25, -0.2) is 4.79 Å². The smallest absolute Gasteiger partial charge is 0.327 e. The van der Waals surface area contributed by atoms with Crippen LogP contribution in [0.4, 0.5) is 15.8 Å². The van der Waals surface area contributed by atoms with E-state index in [0.717, 1.165) is 6.07 Å². The Labute approximate surface area is 96.5 Å². The molecule has 1 rings (SSSR count). The van der Waals surface area contributed by atoms with Gasteiger partial charge in [-0.05, 0) is 19.1 Å². The third kappa shape index (κ3) is 2.90. The van der Waals surface area contributed by atoms with Crippen molar-refractivity contribution in [3.63, 3.8) is 0 Å². The van der Waals surface area contributed by atoms with E-state index in [-0.39, 0.29) is 5.69 Å². The van der Waals surface area contributed by atoms with Crippen molar-refractivity contribution >= 4 is 17.3 Å². The number of carbonyl (C=O) groups excluding carboxylic acids is 1. The summed E-state index contributed by atoms with van der Waals surface area (Å²) in [5.41, 5.74) is -0.754. The lowest BCUT2D eigenvalue weighted by Gasteiger charge is -2.12. The van der Waals surface area contributed by atoms with Gasteiger partial charge in [-0.1, -0.05) is 6.07 Å². The molecule has 1 atom stereocenters. The molecule has 1 N–H and O–H groups in total. The number of rotatable bonds is 4. The fraction of sp³-hybridized carbons (Fsp3) is 0.300. The van der Waals surface area contributed by atoms with Crippen molar-refractivity contribution in [2.24, 2.45) is 0 Å². The summed E-state index contributed by atoms with van der Waals surface area (Å²) < 4.78 is 17.7. The summed E-state index contributed by atoms with van der Waals surface area (Å²) in [6.07, 6.45) is 0. The lowest BCUT2D eigenvalue weighted by Crippen LogP contribution is -2.27. The minimum atomic E-state index is -0.961. The Kier molecular flexibility index (Phi) is 3.97. The lowest BCUT2D eigenvalue weighted by molar-refractivity contribution is -0.386. The normalized spacial score (nSPS) is 11.7. The van der Waals surface area contributed by atoms with Crippen molar-refractivity contribution in [2.45, 2.75) is 13.0 Å². The zero-order chi connectivity index (χ0) is 13.0. The van der Waals surface area contributed by atoms with Crippen LogP contribution in [0.2, 0.25) is 0 Å². The average Bonchev–Trinajstić information content (AvgIpc) is 2.27. The number of methoxy groups -OCH3 is 1. The molecule has 0 aliphatic carbocycles. The Morgan fingerprint density at radius 1 is 1.59 bits per heavy atom. The monoisotopic (exact) mass is 242 g/mol. The largest absolute Gasteiger partial charge is 0.467 e. The molecule has 6 nitrogen and oxygen atoms in total. The number of halogens is 1. The molecule has 0 spiro atoms. The maximum Gasteiger partial charge on any atom is 0.327 e. The van der Waals surface area contributed by atoms with Gasteiger partial charge < -0.3 is 10.1 Å². The molecule has 0 amide bonds. The molecule has 0 saturated carbocycles. The highest BCUT2D eigenvalue weighted by Gasteiger charge is 2.23. The van der Waals surface area contributed by atoms with Gasteiger partial charge in [0.15, 0.2) is 0 Å². The molecule has 92 valence electrons. The van der Waals surface area contributed by atoms with Crippen molar-refractivity contribution in [1.29, 1.82) is 0 Å². The number of anilines is 1. The van der Waals surface area contributed by atoms with Gasteiger partial charge in [0.05, 0.1) is 12.0 Å². The van der Waals surface area contributed by atoms with Gasteiger partial charge >= 0.3 is 11.7 Å². The third-order valence-electron chi connectivity index (χ3n) is 2.10. The first-order valence-electron chi connectivity index (χ1n) is 4.74. The fourth-order valence-corrected chi connectivity index (χ4v) is 1.29. The van der Waals surface area contributed by atoms with Gasteiger partial charge in [-0.2, -0.15) is 4.39 Å². The first kappa shape index (κ1) is 12.9. The number of nitro groups is 1. The van der Waals surface area contributed by atoms with Crippen LogP contribution >= 0.6 is 0 Å². The van der Waals surface area contributed by atoms with Crippen molar-refractivity contribution < 1.29 is 18.8 Å². The van der Waals surface area contributed by atoms with Crippen molar-refractivity contribution in [3.8, 4) is 0 Å². The molecular weight excluding hydrogens is 231 g/mol. The molecular formula is C10H11FN2O4. The molecule has 0 radical (unpaired) electrons. The molecule has 0 bridgehead atoms. The molecule has 0 saturated heterocycles. The standard InChI is InChI=1S/C10H11FN2O4/c1-6(10(14)17-2)12-8-5-3-4-7(11)9(8)13(15)16/h3-6,12H,1-2H3/t6-/m0/s1. The van der Waals surface area contributed by atoms with E-state index in [1.807, 2.05) is 0 Å². The van der Waals surface area contributed by atoms with Gasteiger partial charge in [0.2, 0.25) is 5.82 Å².